The first kappa shape index (κ1) is 10.2. The predicted molar refractivity (Wildman–Crippen MR) is 65.7 cm³/mol. The smallest absolute Gasteiger partial charge is 0.0471 e. The zero-order chi connectivity index (χ0) is 11.0. The number of hydrogen-bond donors (Lipinski definition) is 1. The molecule has 2 fully saturated rings. The molecule has 2 heteroatoms. The van der Waals surface area contributed by atoms with Crippen LogP contribution in [0.5, 0.6) is 0 Å². The topological polar surface area (TPSA) is 23.5 Å². The molecule has 16 heavy (non-hydrogen) atoms. The van der Waals surface area contributed by atoms with Gasteiger partial charge < -0.3 is 10.0 Å². The van der Waals surface area contributed by atoms with E-state index in [1.54, 1.807) is 0 Å². The third-order valence-corrected chi connectivity index (χ3v) is 4.17. The lowest BCUT2D eigenvalue weighted by molar-refractivity contribution is 0.0904. The molecule has 0 bridgehead atoms. The van der Waals surface area contributed by atoms with E-state index in [2.05, 4.69) is 29.2 Å². The fraction of sp³-hybridized carbons (Fsp3) is 0.571. The van der Waals surface area contributed by atoms with Gasteiger partial charge in [0.05, 0.1) is 0 Å². The molecule has 0 unspecified atom stereocenters. The molecule has 1 aromatic carbocycles. The Balaban J connectivity index is 1.63. The zero-order valence-corrected chi connectivity index (χ0v) is 9.65. The summed E-state index contributed by atoms with van der Waals surface area (Å²) in [6.07, 6.45) is 5.08. The molecule has 1 heterocycles. The highest BCUT2D eigenvalue weighted by Gasteiger charge is 2.47. The Kier molecular flexibility index (Phi) is 2.40. The largest absolute Gasteiger partial charge is 0.396 e. The maximum absolute atomic E-state index is 8.85. The monoisotopic (exact) mass is 217 g/mol. The average molecular weight is 217 g/mol. The van der Waals surface area contributed by atoms with Crippen LogP contribution in [0.3, 0.4) is 0 Å². The predicted octanol–water partition coefficient (Wildman–Crippen LogP) is 2.21. The second-order valence-corrected chi connectivity index (χ2v) is 5.35. The Morgan fingerprint density at radius 2 is 1.81 bits per heavy atom. The van der Waals surface area contributed by atoms with E-state index in [1.807, 2.05) is 0 Å². The van der Waals surface area contributed by atoms with Crippen LogP contribution in [-0.4, -0.2) is 24.8 Å². The van der Waals surface area contributed by atoms with E-state index in [0.29, 0.717) is 5.41 Å². The van der Waals surface area contributed by atoms with Gasteiger partial charge in [0, 0.05) is 30.8 Å². The number of aliphatic hydroxyl groups is 1. The van der Waals surface area contributed by atoms with Crippen molar-refractivity contribution in [3.05, 3.63) is 29.8 Å². The highest BCUT2D eigenvalue weighted by atomic mass is 16.2. The molecule has 1 aromatic rings. The number of hydrogen-bond acceptors (Lipinski definition) is 2. The van der Waals surface area contributed by atoms with Crippen molar-refractivity contribution in [2.24, 2.45) is 5.41 Å². The van der Waals surface area contributed by atoms with Gasteiger partial charge >= 0.3 is 0 Å². The summed E-state index contributed by atoms with van der Waals surface area (Å²) in [4.78, 5) is 2.47. The molecule has 2 nitrogen and oxygen atoms in total. The van der Waals surface area contributed by atoms with E-state index in [-0.39, 0.29) is 6.61 Å². The molecule has 1 spiro atoms. The highest BCUT2D eigenvalue weighted by Crippen LogP contribution is 2.49. The molecule has 1 saturated carbocycles. The summed E-state index contributed by atoms with van der Waals surface area (Å²) in [5.41, 5.74) is 3.27. The van der Waals surface area contributed by atoms with Gasteiger partial charge in [0.15, 0.2) is 0 Å². The van der Waals surface area contributed by atoms with Crippen LogP contribution < -0.4 is 4.90 Å². The molecule has 1 N–H and O–H groups in total. The highest BCUT2D eigenvalue weighted by molar-refractivity contribution is 5.51. The number of benzene rings is 1. The minimum atomic E-state index is 0.242. The van der Waals surface area contributed by atoms with Crippen LogP contribution in [0.2, 0.25) is 0 Å². The quantitative estimate of drug-likeness (QED) is 0.839. The van der Waals surface area contributed by atoms with E-state index in [1.165, 1.54) is 43.6 Å². The summed E-state index contributed by atoms with van der Waals surface area (Å²) >= 11 is 0. The first-order valence-electron chi connectivity index (χ1n) is 6.26. The van der Waals surface area contributed by atoms with E-state index < -0.39 is 0 Å². The lowest BCUT2D eigenvalue weighted by Crippen LogP contribution is -2.59. The Labute approximate surface area is 96.9 Å². The summed E-state index contributed by atoms with van der Waals surface area (Å²) in [6.45, 7) is 2.75. The Bertz CT molecular complexity index is 359. The second-order valence-electron chi connectivity index (χ2n) is 5.35. The normalized spacial score (nSPS) is 21.7. The number of rotatable bonds is 3. The molecule has 0 amide bonds. The van der Waals surface area contributed by atoms with Crippen molar-refractivity contribution in [2.75, 3.05) is 24.6 Å². The third-order valence-electron chi connectivity index (χ3n) is 4.17. The number of nitrogens with zero attached hydrogens (tertiary/aromatic N) is 1. The van der Waals surface area contributed by atoms with Crippen molar-refractivity contribution in [3.8, 4) is 0 Å². The molecule has 86 valence electrons. The van der Waals surface area contributed by atoms with Crippen LogP contribution in [0.25, 0.3) is 0 Å². The summed E-state index contributed by atoms with van der Waals surface area (Å²) < 4.78 is 0. The van der Waals surface area contributed by atoms with Gasteiger partial charge in [-0.1, -0.05) is 18.6 Å². The van der Waals surface area contributed by atoms with Gasteiger partial charge in [-0.25, -0.2) is 0 Å². The molecular formula is C14H19NO. The van der Waals surface area contributed by atoms with Crippen LogP contribution in [0.4, 0.5) is 5.69 Å². The minimum Gasteiger partial charge on any atom is -0.396 e. The van der Waals surface area contributed by atoms with Gasteiger partial charge in [-0.15, -0.1) is 0 Å². The fourth-order valence-corrected chi connectivity index (χ4v) is 2.94. The third kappa shape index (κ3) is 1.61. The van der Waals surface area contributed by atoms with Crippen LogP contribution in [0.1, 0.15) is 24.8 Å². The molecule has 0 atom stereocenters. The van der Waals surface area contributed by atoms with Gasteiger partial charge in [-0.2, -0.15) is 0 Å². The zero-order valence-electron chi connectivity index (χ0n) is 9.65. The summed E-state index contributed by atoms with van der Waals surface area (Å²) in [5, 5.41) is 8.85. The summed E-state index contributed by atoms with van der Waals surface area (Å²) in [7, 11) is 0. The van der Waals surface area contributed by atoms with Crippen molar-refractivity contribution in [1.82, 2.24) is 0 Å². The molecule has 1 saturated heterocycles. The molecule has 1 aliphatic heterocycles. The first-order valence-corrected chi connectivity index (χ1v) is 6.26. The fourth-order valence-electron chi connectivity index (χ4n) is 2.94. The van der Waals surface area contributed by atoms with Gasteiger partial charge in [0.2, 0.25) is 0 Å². The van der Waals surface area contributed by atoms with Crippen LogP contribution in [-0.2, 0) is 6.42 Å². The summed E-state index contributed by atoms with van der Waals surface area (Å²) in [5.74, 6) is 0. The Hall–Kier alpha value is -1.02. The van der Waals surface area contributed by atoms with E-state index >= 15 is 0 Å². The molecule has 0 aromatic heterocycles. The SMILES string of the molecule is OCCc1ccc(N2CC3(CCC3)C2)cc1. The number of anilines is 1. The maximum Gasteiger partial charge on any atom is 0.0471 e. The Morgan fingerprint density at radius 3 is 2.31 bits per heavy atom. The van der Waals surface area contributed by atoms with E-state index in [0.717, 1.165) is 6.42 Å². The van der Waals surface area contributed by atoms with Crippen molar-refractivity contribution in [3.63, 3.8) is 0 Å². The molecule has 3 rings (SSSR count). The number of aliphatic hydroxyl groups excluding tert-OH is 1. The standard InChI is InChI=1S/C14H19NO/c16-9-6-12-2-4-13(5-3-12)15-10-14(11-15)7-1-8-14/h2-5,16H,1,6-11H2. The second kappa shape index (κ2) is 3.77. The van der Waals surface area contributed by atoms with E-state index in [4.69, 9.17) is 5.11 Å². The van der Waals surface area contributed by atoms with Crippen LogP contribution in [0.15, 0.2) is 24.3 Å². The molecule has 1 aliphatic carbocycles. The summed E-state index contributed by atoms with van der Waals surface area (Å²) in [6, 6.07) is 8.65. The Morgan fingerprint density at radius 1 is 1.12 bits per heavy atom. The van der Waals surface area contributed by atoms with Crippen molar-refractivity contribution in [2.45, 2.75) is 25.7 Å². The van der Waals surface area contributed by atoms with Gasteiger partial charge in [0.25, 0.3) is 0 Å². The lowest BCUT2D eigenvalue weighted by Gasteiger charge is -2.57. The molecule has 0 radical (unpaired) electrons. The lowest BCUT2D eigenvalue weighted by atomic mass is 9.63. The molecule has 2 aliphatic rings. The van der Waals surface area contributed by atoms with Crippen LogP contribution >= 0.6 is 0 Å². The van der Waals surface area contributed by atoms with Crippen molar-refractivity contribution < 1.29 is 5.11 Å². The van der Waals surface area contributed by atoms with Gasteiger partial charge in [-0.05, 0) is 37.0 Å². The first-order chi connectivity index (χ1) is 7.81. The van der Waals surface area contributed by atoms with Crippen molar-refractivity contribution in [1.29, 1.82) is 0 Å². The maximum atomic E-state index is 8.85. The molecular weight excluding hydrogens is 198 g/mol. The minimum absolute atomic E-state index is 0.242. The average Bonchev–Trinajstić information content (AvgIpc) is 2.16. The van der Waals surface area contributed by atoms with Gasteiger partial charge in [0.1, 0.15) is 0 Å². The van der Waals surface area contributed by atoms with Crippen molar-refractivity contribution >= 4 is 5.69 Å². The van der Waals surface area contributed by atoms with E-state index in [9.17, 15) is 0 Å². The van der Waals surface area contributed by atoms with Crippen LogP contribution in [0, 0.1) is 5.41 Å². The van der Waals surface area contributed by atoms with Gasteiger partial charge in [-0.3, -0.25) is 0 Å².